The maximum absolute atomic E-state index is 12.9. The molecule has 0 bridgehead atoms. The lowest BCUT2D eigenvalue weighted by Gasteiger charge is -2.70. The van der Waals surface area contributed by atoms with Gasteiger partial charge < -0.3 is 10.2 Å². The fourth-order valence-electron chi connectivity index (χ4n) is 10.6. The van der Waals surface area contributed by atoms with Crippen molar-refractivity contribution < 1.29 is 19.8 Å². The molecule has 5 aliphatic carbocycles. The largest absolute Gasteiger partial charge is 0.481 e. The molecule has 5 aliphatic rings. The number of rotatable bonds is 1. The van der Waals surface area contributed by atoms with Crippen LogP contribution in [0.1, 0.15) is 106 Å². The maximum Gasteiger partial charge on any atom is 0.312 e. The summed E-state index contributed by atoms with van der Waals surface area (Å²) >= 11 is 0. The van der Waals surface area contributed by atoms with Crippen LogP contribution in [0.2, 0.25) is 0 Å². The lowest BCUT2D eigenvalue weighted by molar-refractivity contribution is -0.200. The molecule has 0 aromatic heterocycles. The highest BCUT2D eigenvalue weighted by molar-refractivity contribution is 5.85. The van der Waals surface area contributed by atoms with Crippen molar-refractivity contribution in [2.45, 2.75) is 112 Å². The highest BCUT2D eigenvalue weighted by Gasteiger charge is 2.70. The molecule has 34 heavy (non-hydrogen) atoms. The van der Waals surface area contributed by atoms with Gasteiger partial charge in [-0.3, -0.25) is 9.59 Å². The van der Waals surface area contributed by atoms with Gasteiger partial charge in [-0.05, 0) is 90.8 Å². The third-order valence-corrected chi connectivity index (χ3v) is 12.8. The first kappa shape index (κ1) is 24.5. The van der Waals surface area contributed by atoms with E-state index < -0.39 is 17.5 Å². The van der Waals surface area contributed by atoms with Gasteiger partial charge in [-0.1, -0.05) is 60.1 Å². The molecule has 4 saturated carbocycles. The molecule has 4 fully saturated rings. The molecule has 4 nitrogen and oxygen atoms in total. The van der Waals surface area contributed by atoms with Crippen molar-refractivity contribution in [3.8, 4) is 0 Å². The molecule has 2 unspecified atom stereocenters. The zero-order valence-corrected chi connectivity index (χ0v) is 22.5. The topological polar surface area (TPSA) is 74.6 Å². The SMILES string of the molecule is CC1(C)CC(O)[C@]2(C(=O)O)CC[C@]3(C)C(=CC[C@@H]4[C@@]5(C)CCC(=O)C(C)(C)C5CC[C@]43C)[C@H]2C1. The van der Waals surface area contributed by atoms with Crippen molar-refractivity contribution in [2.75, 3.05) is 0 Å². The first-order valence-electron chi connectivity index (χ1n) is 13.7. The predicted molar refractivity (Wildman–Crippen MR) is 133 cm³/mol. The molecule has 0 heterocycles. The van der Waals surface area contributed by atoms with Crippen LogP contribution in [0, 0.1) is 50.2 Å². The Morgan fingerprint density at radius 2 is 1.62 bits per heavy atom. The summed E-state index contributed by atoms with van der Waals surface area (Å²) in [6, 6.07) is 0. The average Bonchev–Trinajstić information content (AvgIpc) is 2.70. The van der Waals surface area contributed by atoms with Crippen LogP contribution in [0.5, 0.6) is 0 Å². The number of hydrogen-bond acceptors (Lipinski definition) is 3. The van der Waals surface area contributed by atoms with Crippen LogP contribution < -0.4 is 0 Å². The molecule has 0 aliphatic heterocycles. The zero-order valence-electron chi connectivity index (χ0n) is 22.5. The molecule has 190 valence electrons. The number of carbonyl (C=O) groups excluding carboxylic acids is 1. The Bertz CT molecular complexity index is 961. The number of fused-ring (bicyclic) bond motifs is 7. The normalized spacial score (nSPS) is 51.3. The van der Waals surface area contributed by atoms with Crippen LogP contribution in [-0.4, -0.2) is 28.1 Å². The van der Waals surface area contributed by atoms with Crippen molar-refractivity contribution in [2.24, 2.45) is 50.2 Å². The van der Waals surface area contributed by atoms with Crippen molar-refractivity contribution in [1.29, 1.82) is 0 Å². The Kier molecular flexibility index (Phi) is 5.04. The van der Waals surface area contributed by atoms with Gasteiger partial charge in [-0.2, -0.15) is 0 Å². The van der Waals surface area contributed by atoms with Gasteiger partial charge in [0.15, 0.2) is 0 Å². The van der Waals surface area contributed by atoms with Crippen molar-refractivity contribution >= 4 is 11.8 Å². The number of ketones is 1. The van der Waals surface area contributed by atoms with Gasteiger partial charge in [0.1, 0.15) is 11.2 Å². The summed E-state index contributed by atoms with van der Waals surface area (Å²) in [6.45, 7) is 16.1. The van der Waals surface area contributed by atoms with Gasteiger partial charge >= 0.3 is 5.97 Å². The molecule has 5 rings (SSSR count). The van der Waals surface area contributed by atoms with Gasteiger partial charge in [-0.15, -0.1) is 0 Å². The number of aliphatic carboxylic acids is 1. The number of hydrogen-bond donors (Lipinski definition) is 2. The van der Waals surface area contributed by atoms with E-state index in [1.807, 2.05) is 0 Å². The third kappa shape index (κ3) is 2.75. The second-order valence-electron chi connectivity index (χ2n) is 14.9. The summed E-state index contributed by atoms with van der Waals surface area (Å²) in [6.07, 6.45) is 9.23. The van der Waals surface area contributed by atoms with E-state index in [4.69, 9.17) is 0 Å². The molecule has 0 aromatic carbocycles. The molecule has 0 spiro atoms. The van der Waals surface area contributed by atoms with Gasteiger partial charge in [0.25, 0.3) is 0 Å². The van der Waals surface area contributed by atoms with E-state index >= 15 is 0 Å². The number of carbonyl (C=O) groups is 2. The van der Waals surface area contributed by atoms with E-state index in [-0.39, 0.29) is 33.0 Å². The molecule has 0 amide bonds. The monoisotopic (exact) mass is 470 g/mol. The smallest absolute Gasteiger partial charge is 0.312 e. The minimum atomic E-state index is -1.05. The van der Waals surface area contributed by atoms with Crippen molar-refractivity contribution in [3.05, 3.63) is 11.6 Å². The Morgan fingerprint density at radius 3 is 2.26 bits per heavy atom. The summed E-state index contributed by atoms with van der Waals surface area (Å²) < 4.78 is 0. The molecular formula is C30H46O4. The Balaban J connectivity index is 1.62. The fraction of sp³-hybridized carbons (Fsp3) is 0.867. The standard InChI is InChI=1S/C30H46O4/c1-25(2)16-19-18-8-9-21-27(5)12-11-22(31)26(3,4)20(27)10-13-29(21,7)28(18,6)14-15-30(19,24(33)34)23(32)17-25/h8,19-21,23,32H,9-17H2,1-7H3,(H,33,34)/t19-,20?,21-,23?,27+,28-,29-,30+/m1/s1. The van der Waals surface area contributed by atoms with E-state index in [1.54, 1.807) is 0 Å². The number of aliphatic hydroxyl groups is 1. The summed E-state index contributed by atoms with van der Waals surface area (Å²) in [7, 11) is 0. The van der Waals surface area contributed by atoms with Gasteiger partial charge in [0, 0.05) is 11.8 Å². The fourth-order valence-corrected chi connectivity index (χ4v) is 10.6. The molecule has 8 atom stereocenters. The molecule has 2 N–H and O–H groups in total. The van der Waals surface area contributed by atoms with E-state index in [0.717, 1.165) is 38.5 Å². The van der Waals surface area contributed by atoms with Gasteiger partial charge in [-0.25, -0.2) is 0 Å². The van der Waals surface area contributed by atoms with E-state index in [0.29, 0.717) is 36.9 Å². The second kappa shape index (κ2) is 6.99. The highest BCUT2D eigenvalue weighted by Crippen LogP contribution is 2.75. The number of carboxylic acids is 1. The van der Waals surface area contributed by atoms with Crippen LogP contribution in [0.15, 0.2) is 11.6 Å². The maximum atomic E-state index is 12.9. The third-order valence-electron chi connectivity index (χ3n) is 12.8. The van der Waals surface area contributed by atoms with Crippen LogP contribution in [-0.2, 0) is 9.59 Å². The summed E-state index contributed by atoms with van der Waals surface area (Å²) in [4.78, 5) is 25.7. The number of carboxylic acid groups (broad SMARTS) is 1. The molecule has 0 radical (unpaired) electrons. The van der Waals surface area contributed by atoms with Crippen LogP contribution in [0.3, 0.4) is 0 Å². The van der Waals surface area contributed by atoms with Crippen molar-refractivity contribution in [3.63, 3.8) is 0 Å². The minimum Gasteiger partial charge on any atom is -0.481 e. The van der Waals surface area contributed by atoms with Crippen LogP contribution in [0.4, 0.5) is 0 Å². The molecular weight excluding hydrogens is 424 g/mol. The van der Waals surface area contributed by atoms with Gasteiger partial charge in [0.2, 0.25) is 0 Å². The van der Waals surface area contributed by atoms with Crippen LogP contribution in [0.25, 0.3) is 0 Å². The average molecular weight is 471 g/mol. The second-order valence-corrected chi connectivity index (χ2v) is 14.9. The Labute approximate surface area is 206 Å². The highest BCUT2D eigenvalue weighted by atomic mass is 16.4. The molecule has 0 saturated heterocycles. The predicted octanol–water partition coefficient (Wildman–Crippen LogP) is 6.41. The zero-order chi connectivity index (χ0) is 25.1. The van der Waals surface area contributed by atoms with E-state index in [2.05, 4.69) is 54.5 Å². The Morgan fingerprint density at radius 1 is 0.941 bits per heavy atom. The lowest BCUT2D eigenvalue weighted by atomic mass is 9.33. The summed E-state index contributed by atoms with van der Waals surface area (Å²) in [5.74, 6) is 0.432. The van der Waals surface area contributed by atoms with E-state index in [9.17, 15) is 19.8 Å². The molecule has 4 heteroatoms. The van der Waals surface area contributed by atoms with E-state index in [1.165, 1.54) is 5.57 Å². The first-order valence-corrected chi connectivity index (χ1v) is 13.7. The van der Waals surface area contributed by atoms with Crippen LogP contribution >= 0.6 is 0 Å². The number of Topliss-reactive ketones (excluding diaryl/α,β-unsaturated/α-hetero) is 1. The number of aliphatic hydroxyl groups excluding tert-OH is 1. The van der Waals surface area contributed by atoms with Crippen molar-refractivity contribution in [1.82, 2.24) is 0 Å². The minimum absolute atomic E-state index is 0.0632. The Hall–Kier alpha value is -1.16. The summed E-state index contributed by atoms with van der Waals surface area (Å²) in [5.41, 5.74) is 0.0910. The van der Waals surface area contributed by atoms with Gasteiger partial charge in [0.05, 0.1) is 6.10 Å². The molecule has 0 aromatic rings. The first-order chi connectivity index (χ1) is 15.6. The summed E-state index contributed by atoms with van der Waals surface area (Å²) in [5, 5.41) is 21.8. The lowest BCUT2D eigenvalue weighted by Crippen LogP contribution is -2.66. The number of allylic oxidation sites excluding steroid dienone is 2. The quantitative estimate of drug-likeness (QED) is 0.434.